The second-order valence-corrected chi connectivity index (χ2v) is 13.3. The van der Waals surface area contributed by atoms with Crippen LogP contribution in [0.15, 0.2) is 60.5 Å². The van der Waals surface area contributed by atoms with Crippen molar-refractivity contribution in [2.24, 2.45) is 11.8 Å². The van der Waals surface area contributed by atoms with E-state index in [1.165, 1.54) is 12.1 Å². The summed E-state index contributed by atoms with van der Waals surface area (Å²) in [6, 6.07) is 11.8. The third-order valence-electron chi connectivity index (χ3n) is 8.28. The van der Waals surface area contributed by atoms with Crippen LogP contribution in [-0.2, 0) is 27.5 Å². The molecule has 2 unspecified atom stereocenters. The molecule has 0 bridgehead atoms. The predicted octanol–water partition coefficient (Wildman–Crippen LogP) is 4.36. The van der Waals surface area contributed by atoms with Crippen LogP contribution < -0.4 is 10.0 Å². The molecule has 3 atom stereocenters. The van der Waals surface area contributed by atoms with Gasteiger partial charge in [-0.2, -0.15) is 13.2 Å². The summed E-state index contributed by atoms with van der Waals surface area (Å²) in [6.07, 6.45) is -1.08. The van der Waals surface area contributed by atoms with E-state index in [4.69, 9.17) is 0 Å². The Kier molecular flexibility index (Phi) is 10.7. The highest BCUT2D eigenvalue weighted by atomic mass is 32.2. The molecular formula is C31H39F3N4O4S. The molecule has 2 aromatic rings. The van der Waals surface area contributed by atoms with Gasteiger partial charge in [-0.25, -0.2) is 13.1 Å². The molecule has 0 spiro atoms. The molecule has 2 N–H and O–H groups in total. The largest absolute Gasteiger partial charge is 0.416 e. The van der Waals surface area contributed by atoms with Crippen LogP contribution in [0, 0.1) is 11.8 Å². The molecule has 2 aliphatic heterocycles. The lowest BCUT2D eigenvalue weighted by atomic mass is 9.84. The van der Waals surface area contributed by atoms with Crippen LogP contribution in [0.2, 0.25) is 0 Å². The summed E-state index contributed by atoms with van der Waals surface area (Å²) >= 11 is 0. The Hall–Kier alpha value is -3.22. The van der Waals surface area contributed by atoms with Gasteiger partial charge < -0.3 is 15.1 Å². The van der Waals surface area contributed by atoms with Crippen molar-refractivity contribution in [2.75, 3.05) is 39.8 Å². The van der Waals surface area contributed by atoms with Crippen molar-refractivity contribution in [1.29, 1.82) is 0 Å². The van der Waals surface area contributed by atoms with Gasteiger partial charge in [0.15, 0.2) is 0 Å². The first-order valence-electron chi connectivity index (χ1n) is 14.5. The average molecular weight is 621 g/mol. The fraction of sp³-hybridized carbons (Fsp3) is 0.484. The third kappa shape index (κ3) is 9.14. The number of hydrogen-bond donors (Lipinski definition) is 2. The maximum Gasteiger partial charge on any atom is 0.416 e. The van der Waals surface area contributed by atoms with Crippen LogP contribution in [0.4, 0.5) is 13.2 Å². The van der Waals surface area contributed by atoms with Crippen LogP contribution in [0.3, 0.4) is 0 Å². The molecule has 2 saturated heterocycles. The summed E-state index contributed by atoms with van der Waals surface area (Å²) in [5.74, 6) is -0.537. The summed E-state index contributed by atoms with van der Waals surface area (Å²) < 4.78 is 64.5. The number of benzene rings is 2. The fourth-order valence-electron chi connectivity index (χ4n) is 5.83. The summed E-state index contributed by atoms with van der Waals surface area (Å²) in [7, 11) is -1.46. The highest BCUT2D eigenvalue weighted by molar-refractivity contribution is 7.92. The van der Waals surface area contributed by atoms with Gasteiger partial charge in [-0.15, -0.1) is 0 Å². The van der Waals surface area contributed by atoms with Gasteiger partial charge in [0, 0.05) is 43.7 Å². The molecule has 43 heavy (non-hydrogen) atoms. The second kappa shape index (κ2) is 14.0. The molecule has 234 valence electrons. The van der Waals surface area contributed by atoms with Crippen LogP contribution in [0.5, 0.6) is 0 Å². The lowest BCUT2D eigenvalue weighted by Crippen LogP contribution is -2.36. The maximum absolute atomic E-state index is 13.5. The van der Waals surface area contributed by atoms with Crippen molar-refractivity contribution in [3.8, 4) is 0 Å². The summed E-state index contributed by atoms with van der Waals surface area (Å²) in [5.41, 5.74) is 1.09. The smallest absolute Gasteiger partial charge is 0.351 e. The average Bonchev–Trinajstić information content (AvgIpc) is 3.46. The van der Waals surface area contributed by atoms with E-state index in [2.05, 4.69) is 28.6 Å². The lowest BCUT2D eigenvalue weighted by Gasteiger charge is -2.32. The van der Waals surface area contributed by atoms with Gasteiger partial charge in [0.25, 0.3) is 5.91 Å². The maximum atomic E-state index is 13.5. The Morgan fingerprint density at radius 3 is 2.35 bits per heavy atom. The van der Waals surface area contributed by atoms with E-state index in [-0.39, 0.29) is 30.8 Å². The first-order chi connectivity index (χ1) is 20.3. The van der Waals surface area contributed by atoms with E-state index in [1.54, 1.807) is 29.2 Å². The quantitative estimate of drug-likeness (QED) is 0.389. The lowest BCUT2D eigenvalue weighted by molar-refractivity contribution is -0.137. The number of alkyl halides is 3. The Labute approximate surface area is 251 Å². The number of halogens is 3. The van der Waals surface area contributed by atoms with Crippen molar-refractivity contribution >= 4 is 21.8 Å². The summed E-state index contributed by atoms with van der Waals surface area (Å²) in [5, 5.41) is 3.77. The van der Waals surface area contributed by atoms with Gasteiger partial charge in [0.05, 0.1) is 11.5 Å². The Morgan fingerprint density at radius 1 is 1.02 bits per heavy atom. The normalized spacial score (nSPS) is 20.5. The molecule has 12 heteroatoms. The van der Waals surface area contributed by atoms with Gasteiger partial charge in [-0.1, -0.05) is 30.8 Å². The van der Waals surface area contributed by atoms with E-state index in [1.807, 2.05) is 0 Å². The van der Waals surface area contributed by atoms with Crippen LogP contribution >= 0.6 is 0 Å². The summed E-state index contributed by atoms with van der Waals surface area (Å²) in [4.78, 5) is 30.6. The number of amides is 2. The molecule has 2 amide bonds. The SMILES string of the molecule is C=CS(=O)(=O)NC[C@H]1CCN(C(=O)c2ccc(C(CC3CCCN(C)C3)C(=O)NCc3ccc(C(F)(F)F)cc3)cc2)C1. The third-order valence-corrected chi connectivity index (χ3v) is 9.29. The zero-order valence-corrected chi connectivity index (χ0v) is 25.1. The van der Waals surface area contributed by atoms with E-state index in [9.17, 15) is 31.2 Å². The molecule has 4 rings (SSSR count). The van der Waals surface area contributed by atoms with Crippen LogP contribution in [0.1, 0.15) is 58.6 Å². The molecular weight excluding hydrogens is 581 g/mol. The number of carbonyl (C=O) groups excluding carboxylic acids is 2. The second-order valence-electron chi connectivity index (χ2n) is 11.6. The Bertz CT molecular complexity index is 1380. The van der Waals surface area contributed by atoms with Crippen molar-refractivity contribution in [3.05, 3.63) is 82.8 Å². The first kappa shape index (κ1) is 32.7. The molecule has 8 nitrogen and oxygen atoms in total. The van der Waals surface area contributed by atoms with Crippen LogP contribution in [-0.4, -0.2) is 69.8 Å². The number of carbonyl (C=O) groups is 2. The van der Waals surface area contributed by atoms with E-state index < -0.39 is 27.7 Å². The Morgan fingerprint density at radius 2 is 1.72 bits per heavy atom. The van der Waals surface area contributed by atoms with Gasteiger partial charge in [0.2, 0.25) is 15.9 Å². The summed E-state index contributed by atoms with van der Waals surface area (Å²) in [6.45, 7) is 6.46. The molecule has 2 aliphatic rings. The number of nitrogens with zero attached hydrogens (tertiary/aromatic N) is 2. The van der Waals surface area contributed by atoms with Crippen molar-refractivity contribution in [1.82, 2.24) is 19.8 Å². The van der Waals surface area contributed by atoms with Gasteiger partial charge in [-0.05, 0) is 86.5 Å². The molecule has 0 aliphatic carbocycles. The highest BCUT2D eigenvalue weighted by Gasteiger charge is 2.31. The Balaban J connectivity index is 1.42. The zero-order valence-electron chi connectivity index (χ0n) is 24.3. The first-order valence-corrected chi connectivity index (χ1v) is 16.0. The number of piperidine rings is 1. The monoisotopic (exact) mass is 620 g/mol. The number of likely N-dealkylation sites (tertiary alicyclic amines) is 2. The predicted molar refractivity (Wildman–Crippen MR) is 158 cm³/mol. The van der Waals surface area contributed by atoms with Gasteiger partial charge >= 0.3 is 6.18 Å². The fourth-order valence-corrected chi connectivity index (χ4v) is 6.42. The van der Waals surface area contributed by atoms with E-state index >= 15 is 0 Å². The van der Waals surface area contributed by atoms with Crippen molar-refractivity contribution < 1.29 is 31.2 Å². The highest BCUT2D eigenvalue weighted by Crippen LogP contribution is 2.31. The minimum Gasteiger partial charge on any atom is -0.351 e. The molecule has 2 aromatic carbocycles. The number of hydrogen-bond acceptors (Lipinski definition) is 5. The van der Waals surface area contributed by atoms with Gasteiger partial charge in [-0.3, -0.25) is 9.59 Å². The molecule has 0 aromatic heterocycles. The molecule has 0 saturated carbocycles. The zero-order chi connectivity index (χ0) is 31.2. The van der Waals surface area contributed by atoms with Crippen molar-refractivity contribution in [3.63, 3.8) is 0 Å². The van der Waals surface area contributed by atoms with E-state index in [0.717, 1.165) is 49.0 Å². The number of sulfonamides is 1. The molecule has 2 fully saturated rings. The minimum absolute atomic E-state index is 0.00400. The minimum atomic E-state index is -4.42. The van der Waals surface area contributed by atoms with Gasteiger partial charge in [0.1, 0.15) is 0 Å². The number of nitrogens with one attached hydrogen (secondary N) is 2. The number of rotatable bonds is 11. The molecule has 2 heterocycles. The van der Waals surface area contributed by atoms with Crippen LogP contribution in [0.25, 0.3) is 0 Å². The van der Waals surface area contributed by atoms with Crippen molar-refractivity contribution in [2.45, 2.75) is 44.3 Å². The topological polar surface area (TPSA) is 98.8 Å². The standard InChI is InChI=1S/C31H39F3N4O4S/c1-3-43(41,42)36-19-24-14-16-38(21-24)30(40)26-10-8-25(9-11-26)28(17-23-5-4-15-37(2)20-23)29(39)35-18-22-6-12-27(13-7-22)31(32,33)34/h3,6-13,23-24,28,36H,1,4-5,14-21H2,2H3,(H,35,39)/t23?,24-,28?/m1/s1. The van der Waals surface area contributed by atoms with E-state index in [0.29, 0.717) is 43.0 Å². The molecule has 0 radical (unpaired) electrons.